The van der Waals surface area contributed by atoms with Gasteiger partial charge in [0.2, 0.25) is 0 Å². The molecule has 0 radical (unpaired) electrons. The number of hydrogen-bond acceptors (Lipinski definition) is 1. The first-order valence-corrected chi connectivity index (χ1v) is 4.48. The summed E-state index contributed by atoms with van der Waals surface area (Å²) in [7, 11) is 1.96. The highest BCUT2D eigenvalue weighted by Crippen LogP contribution is 2.36. The van der Waals surface area contributed by atoms with Crippen LogP contribution in [0.15, 0.2) is 12.4 Å². The van der Waals surface area contributed by atoms with E-state index in [2.05, 4.69) is 25.8 Å². The third kappa shape index (κ3) is 1.81. The van der Waals surface area contributed by atoms with Gasteiger partial charge in [-0.3, -0.25) is 0 Å². The lowest BCUT2D eigenvalue weighted by atomic mass is 9.91. The number of aromatic nitrogens is 2. The molecule has 2 nitrogen and oxygen atoms in total. The molecular weight excluding hydrogens is 172 g/mol. The van der Waals surface area contributed by atoms with Crippen molar-refractivity contribution in [2.24, 2.45) is 12.5 Å². The first-order chi connectivity index (χ1) is 5.43. The Kier molecular flexibility index (Phi) is 2.47. The lowest BCUT2D eigenvalue weighted by Gasteiger charge is -2.24. The van der Waals surface area contributed by atoms with Crippen molar-refractivity contribution in [3.8, 4) is 0 Å². The molecular formula is C9H15ClN2. The van der Waals surface area contributed by atoms with Gasteiger partial charge in [-0.2, -0.15) is 0 Å². The number of nitrogens with zero attached hydrogens (tertiary/aromatic N) is 2. The fraction of sp³-hybridized carbons (Fsp3) is 0.667. The average molecular weight is 187 g/mol. The highest BCUT2D eigenvalue weighted by Gasteiger charge is 2.26. The second kappa shape index (κ2) is 3.09. The fourth-order valence-electron chi connectivity index (χ4n) is 1.01. The van der Waals surface area contributed by atoms with Gasteiger partial charge in [0.05, 0.1) is 5.38 Å². The Bertz CT molecular complexity index is 260. The van der Waals surface area contributed by atoms with Gasteiger partial charge < -0.3 is 4.57 Å². The maximum absolute atomic E-state index is 6.25. The predicted molar refractivity (Wildman–Crippen MR) is 51.3 cm³/mol. The van der Waals surface area contributed by atoms with Crippen LogP contribution in [0.5, 0.6) is 0 Å². The van der Waals surface area contributed by atoms with Crippen molar-refractivity contribution in [1.29, 1.82) is 0 Å². The third-order valence-corrected chi connectivity index (χ3v) is 2.70. The third-order valence-electron chi connectivity index (χ3n) is 1.85. The number of hydrogen-bond donors (Lipinski definition) is 0. The van der Waals surface area contributed by atoms with Gasteiger partial charge in [-0.25, -0.2) is 4.98 Å². The van der Waals surface area contributed by atoms with E-state index in [-0.39, 0.29) is 10.8 Å². The van der Waals surface area contributed by atoms with E-state index in [1.165, 1.54) is 0 Å². The summed E-state index contributed by atoms with van der Waals surface area (Å²) < 4.78 is 1.96. The quantitative estimate of drug-likeness (QED) is 0.617. The molecule has 0 spiro atoms. The van der Waals surface area contributed by atoms with Crippen LogP contribution in [0.4, 0.5) is 0 Å². The molecule has 0 bridgehead atoms. The molecule has 0 saturated heterocycles. The van der Waals surface area contributed by atoms with E-state index in [1.54, 1.807) is 6.20 Å². The predicted octanol–water partition coefficient (Wildman–Crippen LogP) is 2.75. The first kappa shape index (κ1) is 9.59. The summed E-state index contributed by atoms with van der Waals surface area (Å²) in [5.41, 5.74) is 0.0562. The minimum atomic E-state index is -0.0301. The summed E-state index contributed by atoms with van der Waals surface area (Å²) in [6.45, 7) is 6.33. The topological polar surface area (TPSA) is 17.8 Å². The van der Waals surface area contributed by atoms with Crippen LogP contribution in [0.2, 0.25) is 0 Å². The van der Waals surface area contributed by atoms with Gasteiger partial charge in [0.15, 0.2) is 0 Å². The number of rotatable bonds is 1. The van der Waals surface area contributed by atoms with Crippen molar-refractivity contribution in [1.82, 2.24) is 9.55 Å². The standard InChI is InChI=1S/C9H15ClN2/c1-9(2,3)7(10)8-11-5-6-12(8)4/h5-7H,1-4H3. The van der Waals surface area contributed by atoms with Crippen LogP contribution in [0, 0.1) is 5.41 Å². The van der Waals surface area contributed by atoms with Crippen LogP contribution < -0.4 is 0 Å². The van der Waals surface area contributed by atoms with E-state index in [0.717, 1.165) is 5.82 Å². The van der Waals surface area contributed by atoms with Crippen LogP contribution in [0.1, 0.15) is 32.0 Å². The SMILES string of the molecule is Cn1ccnc1C(Cl)C(C)(C)C. The Labute approximate surface area is 78.6 Å². The van der Waals surface area contributed by atoms with E-state index < -0.39 is 0 Å². The lowest BCUT2D eigenvalue weighted by Crippen LogP contribution is -2.16. The van der Waals surface area contributed by atoms with E-state index >= 15 is 0 Å². The number of aryl methyl sites for hydroxylation is 1. The Morgan fingerprint density at radius 2 is 2.08 bits per heavy atom. The maximum atomic E-state index is 6.25. The Morgan fingerprint density at radius 1 is 1.50 bits per heavy atom. The second-order valence-corrected chi connectivity index (χ2v) is 4.56. The second-order valence-electron chi connectivity index (χ2n) is 4.12. The zero-order valence-corrected chi connectivity index (χ0v) is 8.76. The van der Waals surface area contributed by atoms with Gasteiger partial charge in [-0.15, -0.1) is 11.6 Å². The summed E-state index contributed by atoms with van der Waals surface area (Å²) in [6, 6.07) is 0. The average Bonchev–Trinajstić information content (AvgIpc) is 2.31. The highest BCUT2D eigenvalue weighted by molar-refractivity contribution is 6.20. The van der Waals surface area contributed by atoms with Crippen LogP contribution in [-0.4, -0.2) is 9.55 Å². The molecule has 0 aliphatic heterocycles. The van der Waals surface area contributed by atoms with Gasteiger partial charge in [0.25, 0.3) is 0 Å². The minimum absolute atomic E-state index is 0.0301. The largest absolute Gasteiger partial charge is 0.337 e. The van der Waals surface area contributed by atoms with Crippen molar-refractivity contribution in [3.05, 3.63) is 18.2 Å². The van der Waals surface area contributed by atoms with Crippen LogP contribution in [-0.2, 0) is 7.05 Å². The van der Waals surface area contributed by atoms with Crippen molar-refractivity contribution in [3.63, 3.8) is 0 Å². The maximum Gasteiger partial charge on any atom is 0.127 e. The fourth-order valence-corrected chi connectivity index (χ4v) is 1.22. The summed E-state index contributed by atoms with van der Waals surface area (Å²) in [4.78, 5) is 4.21. The number of imidazole rings is 1. The molecule has 3 heteroatoms. The van der Waals surface area contributed by atoms with Crippen molar-refractivity contribution in [2.75, 3.05) is 0 Å². The minimum Gasteiger partial charge on any atom is -0.337 e. The van der Waals surface area contributed by atoms with Crippen molar-refractivity contribution >= 4 is 11.6 Å². The van der Waals surface area contributed by atoms with E-state index in [9.17, 15) is 0 Å². The van der Waals surface area contributed by atoms with Gasteiger partial charge in [0, 0.05) is 19.4 Å². The van der Waals surface area contributed by atoms with Crippen molar-refractivity contribution in [2.45, 2.75) is 26.1 Å². The first-order valence-electron chi connectivity index (χ1n) is 4.04. The highest BCUT2D eigenvalue weighted by atomic mass is 35.5. The molecule has 68 valence electrons. The van der Waals surface area contributed by atoms with E-state index in [1.807, 2.05) is 17.8 Å². The van der Waals surface area contributed by atoms with E-state index in [0.29, 0.717) is 0 Å². The molecule has 0 aliphatic rings. The molecule has 1 unspecified atom stereocenters. The zero-order valence-electron chi connectivity index (χ0n) is 8.00. The Hall–Kier alpha value is -0.500. The molecule has 1 heterocycles. The monoisotopic (exact) mass is 186 g/mol. The van der Waals surface area contributed by atoms with Crippen LogP contribution in [0.25, 0.3) is 0 Å². The summed E-state index contributed by atoms with van der Waals surface area (Å²) in [5, 5.41) is -0.0301. The molecule has 0 N–H and O–H groups in total. The molecule has 1 rings (SSSR count). The Balaban J connectivity index is 2.92. The van der Waals surface area contributed by atoms with Crippen molar-refractivity contribution < 1.29 is 0 Å². The molecule has 0 fully saturated rings. The van der Waals surface area contributed by atoms with Gasteiger partial charge >= 0.3 is 0 Å². The van der Waals surface area contributed by atoms with Gasteiger partial charge in [-0.1, -0.05) is 20.8 Å². The summed E-state index contributed by atoms with van der Waals surface area (Å²) in [6.07, 6.45) is 3.69. The summed E-state index contributed by atoms with van der Waals surface area (Å²) >= 11 is 6.25. The van der Waals surface area contributed by atoms with Gasteiger partial charge in [-0.05, 0) is 5.41 Å². The molecule has 0 aromatic carbocycles. The molecule has 0 saturated carbocycles. The number of alkyl halides is 1. The summed E-state index contributed by atoms with van der Waals surface area (Å²) in [5.74, 6) is 0.934. The Morgan fingerprint density at radius 3 is 2.42 bits per heavy atom. The molecule has 0 aliphatic carbocycles. The number of halogens is 1. The molecule has 1 aromatic heterocycles. The van der Waals surface area contributed by atoms with E-state index in [4.69, 9.17) is 11.6 Å². The van der Waals surface area contributed by atoms with Crippen LogP contribution in [0.3, 0.4) is 0 Å². The smallest absolute Gasteiger partial charge is 0.127 e. The van der Waals surface area contributed by atoms with Gasteiger partial charge in [0.1, 0.15) is 5.82 Å². The molecule has 1 atom stereocenters. The lowest BCUT2D eigenvalue weighted by molar-refractivity contribution is 0.380. The zero-order chi connectivity index (χ0) is 9.35. The van der Waals surface area contributed by atoms with Crippen LogP contribution >= 0.6 is 11.6 Å². The normalized spacial score (nSPS) is 14.8. The molecule has 1 aromatic rings. The molecule has 0 amide bonds. The molecule has 12 heavy (non-hydrogen) atoms.